The first-order valence-corrected chi connectivity index (χ1v) is 6.33. The average molecular weight is 265 g/mol. The molecule has 0 aliphatic carbocycles. The molecule has 6 nitrogen and oxygen atoms in total. The van der Waals surface area contributed by atoms with Gasteiger partial charge in [-0.2, -0.15) is 0 Å². The van der Waals surface area contributed by atoms with Crippen molar-refractivity contribution in [3.63, 3.8) is 0 Å². The number of nitrogens with two attached hydrogens (primary N) is 1. The van der Waals surface area contributed by atoms with Crippen LogP contribution in [-0.4, -0.2) is 48.8 Å². The van der Waals surface area contributed by atoms with Crippen molar-refractivity contribution < 1.29 is 14.0 Å². The SMILES string of the molecule is Cc1oc(N)c(C(=O)N2CCCC2)c1C(=O)N(C)C. The van der Waals surface area contributed by atoms with E-state index < -0.39 is 0 Å². The predicted octanol–water partition coefficient (Wildman–Crippen LogP) is 1.11. The van der Waals surface area contributed by atoms with Crippen LogP contribution in [0, 0.1) is 6.92 Å². The molecule has 1 aromatic rings. The van der Waals surface area contributed by atoms with Crippen LogP contribution in [0.15, 0.2) is 4.42 Å². The molecular weight excluding hydrogens is 246 g/mol. The summed E-state index contributed by atoms with van der Waals surface area (Å²) in [7, 11) is 3.27. The van der Waals surface area contributed by atoms with Gasteiger partial charge in [0, 0.05) is 27.2 Å². The van der Waals surface area contributed by atoms with E-state index in [2.05, 4.69) is 0 Å². The first kappa shape index (κ1) is 13.5. The third-order valence-electron chi connectivity index (χ3n) is 3.34. The van der Waals surface area contributed by atoms with Crippen molar-refractivity contribution in [2.75, 3.05) is 32.9 Å². The van der Waals surface area contributed by atoms with Gasteiger partial charge >= 0.3 is 0 Å². The molecule has 1 fully saturated rings. The van der Waals surface area contributed by atoms with Gasteiger partial charge < -0.3 is 20.0 Å². The van der Waals surface area contributed by atoms with Gasteiger partial charge in [0.25, 0.3) is 11.8 Å². The molecule has 0 spiro atoms. The minimum atomic E-state index is -0.263. The molecule has 2 N–H and O–H groups in total. The van der Waals surface area contributed by atoms with E-state index in [4.69, 9.17) is 10.2 Å². The Morgan fingerprint density at radius 3 is 2.32 bits per heavy atom. The van der Waals surface area contributed by atoms with Gasteiger partial charge in [0.15, 0.2) is 0 Å². The van der Waals surface area contributed by atoms with E-state index in [0.717, 1.165) is 12.8 Å². The molecule has 2 rings (SSSR count). The molecule has 2 heterocycles. The van der Waals surface area contributed by atoms with Gasteiger partial charge in [-0.15, -0.1) is 0 Å². The summed E-state index contributed by atoms with van der Waals surface area (Å²) in [5.41, 5.74) is 6.25. The summed E-state index contributed by atoms with van der Waals surface area (Å²) in [5.74, 6) is -0.0594. The van der Waals surface area contributed by atoms with Crippen LogP contribution in [0.5, 0.6) is 0 Å². The van der Waals surface area contributed by atoms with E-state index >= 15 is 0 Å². The minimum Gasteiger partial charge on any atom is -0.445 e. The zero-order valence-corrected chi connectivity index (χ0v) is 11.5. The number of amides is 2. The molecule has 0 bridgehead atoms. The van der Waals surface area contributed by atoms with Crippen LogP contribution in [0.1, 0.15) is 39.3 Å². The summed E-state index contributed by atoms with van der Waals surface area (Å²) < 4.78 is 5.28. The van der Waals surface area contributed by atoms with Crippen LogP contribution >= 0.6 is 0 Å². The Hall–Kier alpha value is -1.98. The van der Waals surface area contributed by atoms with E-state index in [1.54, 1.807) is 25.9 Å². The van der Waals surface area contributed by atoms with E-state index in [-0.39, 0.29) is 28.8 Å². The molecule has 2 amide bonds. The molecule has 0 saturated carbocycles. The largest absolute Gasteiger partial charge is 0.445 e. The molecule has 0 aromatic carbocycles. The Labute approximate surface area is 112 Å². The number of anilines is 1. The molecular formula is C13H19N3O3. The fourth-order valence-electron chi connectivity index (χ4n) is 2.34. The maximum atomic E-state index is 12.4. The number of aryl methyl sites for hydroxylation is 1. The second kappa shape index (κ2) is 4.95. The highest BCUT2D eigenvalue weighted by molar-refractivity contribution is 6.10. The van der Waals surface area contributed by atoms with E-state index in [1.807, 2.05) is 0 Å². The third-order valence-corrected chi connectivity index (χ3v) is 3.34. The van der Waals surface area contributed by atoms with Crippen molar-refractivity contribution in [1.82, 2.24) is 9.80 Å². The molecule has 0 unspecified atom stereocenters. The van der Waals surface area contributed by atoms with Crippen molar-refractivity contribution in [3.05, 3.63) is 16.9 Å². The summed E-state index contributed by atoms with van der Waals surface area (Å²) >= 11 is 0. The summed E-state index contributed by atoms with van der Waals surface area (Å²) in [4.78, 5) is 27.7. The summed E-state index contributed by atoms with van der Waals surface area (Å²) in [6.45, 7) is 3.06. The monoisotopic (exact) mass is 265 g/mol. The smallest absolute Gasteiger partial charge is 0.260 e. The highest BCUT2D eigenvalue weighted by atomic mass is 16.4. The van der Waals surface area contributed by atoms with Gasteiger partial charge in [0.1, 0.15) is 11.3 Å². The number of carbonyl (C=O) groups is 2. The summed E-state index contributed by atoms with van der Waals surface area (Å²) in [5, 5.41) is 0. The Morgan fingerprint density at radius 2 is 1.79 bits per heavy atom. The predicted molar refractivity (Wildman–Crippen MR) is 71.0 cm³/mol. The lowest BCUT2D eigenvalue weighted by Crippen LogP contribution is -2.31. The fraction of sp³-hybridized carbons (Fsp3) is 0.538. The second-order valence-corrected chi connectivity index (χ2v) is 4.97. The molecule has 1 saturated heterocycles. The quantitative estimate of drug-likeness (QED) is 0.868. The topological polar surface area (TPSA) is 79.8 Å². The Bertz CT molecular complexity index is 513. The average Bonchev–Trinajstić information content (AvgIpc) is 2.95. The number of nitrogens with zero attached hydrogens (tertiary/aromatic N) is 2. The fourth-order valence-corrected chi connectivity index (χ4v) is 2.34. The van der Waals surface area contributed by atoms with Crippen LogP contribution in [0.25, 0.3) is 0 Å². The third kappa shape index (κ3) is 2.30. The first-order valence-electron chi connectivity index (χ1n) is 6.33. The summed E-state index contributed by atoms with van der Waals surface area (Å²) in [6.07, 6.45) is 1.97. The van der Waals surface area contributed by atoms with Crippen molar-refractivity contribution >= 4 is 17.7 Å². The van der Waals surface area contributed by atoms with Crippen LogP contribution < -0.4 is 5.73 Å². The first-order chi connectivity index (χ1) is 8.93. The van der Waals surface area contributed by atoms with Gasteiger partial charge in [0.05, 0.1) is 5.56 Å². The van der Waals surface area contributed by atoms with Gasteiger partial charge in [-0.05, 0) is 19.8 Å². The Kier molecular flexibility index (Phi) is 3.50. The lowest BCUT2D eigenvalue weighted by atomic mass is 10.1. The molecule has 1 aromatic heterocycles. The number of carbonyl (C=O) groups excluding carboxylic acids is 2. The van der Waals surface area contributed by atoms with Crippen molar-refractivity contribution in [1.29, 1.82) is 0 Å². The normalized spacial score (nSPS) is 14.8. The Balaban J connectivity index is 2.44. The number of nitrogen functional groups attached to an aromatic ring is 1. The maximum Gasteiger partial charge on any atom is 0.260 e. The zero-order chi connectivity index (χ0) is 14.2. The number of furan rings is 1. The molecule has 6 heteroatoms. The van der Waals surface area contributed by atoms with Gasteiger partial charge in [-0.3, -0.25) is 9.59 Å². The lowest BCUT2D eigenvalue weighted by molar-refractivity contribution is 0.0770. The van der Waals surface area contributed by atoms with Crippen molar-refractivity contribution in [2.45, 2.75) is 19.8 Å². The Morgan fingerprint density at radius 1 is 1.21 bits per heavy atom. The molecule has 104 valence electrons. The highest BCUT2D eigenvalue weighted by Crippen LogP contribution is 2.28. The second-order valence-electron chi connectivity index (χ2n) is 4.97. The van der Waals surface area contributed by atoms with E-state index in [9.17, 15) is 9.59 Å². The molecule has 1 aliphatic heterocycles. The van der Waals surface area contributed by atoms with Crippen LogP contribution in [0.4, 0.5) is 5.88 Å². The lowest BCUT2D eigenvalue weighted by Gasteiger charge is -2.16. The molecule has 0 atom stereocenters. The van der Waals surface area contributed by atoms with Crippen molar-refractivity contribution in [2.24, 2.45) is 0 Å². The van der Waals surface area contributed by atoms with Crippen molar-refractivity contribution in [3.8, 4) is 0 Å². The van der Waals surface area contributed by atoms with Crippen LogP contribution in [0.2, 0.25) is 0 Å². The molecule has 19 heavy (non-hydrogen) atoms. The van der Waals surface area contributed by atoms with Gasteiger partial charge in [-0.25, -0.2) is 0 Å². The maximum absolute atomic E-state index is 12.4. The van der Waals surface area contributed by atoms with Crippen LogP contribution in [-0.2, 0) is 0 Å². The zero-order valence-electron chi connectivity index (χ0n) is 11.5. The van der Waals surface area contributed by atoms with E-state index in [0.29, 0.717) is 18.8 Å². The number of rotatable bonds is 2. The summed E-state index contributed by atoms with van der Waals surface area (Å²) in [6, 6.07) is 0. The minimum absolute atomic E-state index is 0.0274. The van der Waals surface area contributed by atoms with Gasteiger partial charge in [0.2, 0.25) is 5.88 Å². The number of hydrogen-bond acceptors (Lipinski definition) is 4. The van der Waals surface area contributed by atoms with Crippen LogP contribution in [0.3, 0.4) is 0 Å². The highest BCUT2D eigenvalue weighted by Gasteiger charge is 2.31. The number of hydrogen-bond donors (Lipinski definition) is 1. The van der Waals surface area contributed by atoms with E-state index in [1.165, 1.54) is 4.90 Å². The number of likely N-dealkylation sites (tertiary alicyclic amines) is 1. The molecule has 1 aliphatic rings. The molecule has 0 radical (unpaired) electrons. The standard InChI is InChI=1S/C13H19N3O3/c1-8-9(12(17)15(2)3)10(11(14)19-8)13(18)16-6-4-5-7-16/h4-7,14H2,1-3H3. The van der Waals surface area contributed by atoms with Gasteiger partial charge in [-0.1, -0.05) is 0 Å².